The van der Waals surface area contributed by atoms with Crippen molar-refractivity contribution >= 4 is 17.1 Å². The van der Waals surface area contributed by atoms with Crippen molar-refractivity contribution in [3.05, 3.63) is 22.2 Å². The number of ether oxygens (including phenoxy) is 2. The summed E-state index contributed by atoms with van der Waals surface area (Å²) >= 11 is 0. The van der Waals surface area contributed by atoms with Crippen LogP contribution in [0.1, 0.15) is 6.92 Å². The molecule has 0 fully saturated rings. The van der Waals surface area contributed by atoms with Crippen LogP contribution in [0.5, 0.6) is 5.75 Å². The van der Waals surface area contributed by atoms with Gasteiger partial charge in [-0.2, -0.15) is 0 Å². The number of anilines is 2. The Bertz CT molecular complexity index is 468. The summed E-state index contributed by atoms with van der Waals surface area (Å²) in [6.07, 6.45) is -0.530. The number of hydrogen-bond donors (Lipinski definition) is 4. The molecule has 0 amide bonds. The van der Waals surface area contributed by atoms with E-state index >= 15 is 0 Å². The lowest BCUT2D eigenvalue weighted by Crippen LogP contribution is -2.15. The van der Waals surface area contributed by atoms with E-state index in [1.165, 1.54) is 19.2 Å². The Morgan fingerprint density at radius 2 is 1.73 bits per heavy atom. The summed E-state index contributed by atoms with van der Waals surface area (Å²) < 4.78 is 10.5. The molecule has 0 bridgehead atoms. The smallest absolute Gasteiger partial charge is 0.315 e. The summed E-state index contributed by atoms with van der Waals surface area (Å²) in [5.41, 5.74) is 0.236. The van der Waals surface area contributed by atoms with Crippen molar-refractivity contribution in [2.45, 2.75) is 13.2 Å². The standard InChI is InChI=1S/C13H21N3O6/c1-9(21-2)22-10-7-11(14-3-5-17)13(16(19)20)12(8-10)15-4-6-18/h7-9,14-15,17-18H,3-6H2,1-2H3. The molecule has 9 nitrogen and oxygen atoms in total. The van der Waals surface area contributed by atoms with E-state index < -0.39 is 11.2 Å². The fourth-order valence-corrected chi connectivity index (χ4v) is 1.76. The van der Waals surface area contributed by atoms with Crippen LogP contribution in [0, 0.1) is 10.1 Å². The molecule has 1 aromatic rings. The second kappa shape index (κ2) is 9.03. The van der Waals surface area contributed by atoms with E-state index in [9.17, 15) is 10.1 Å². The minimum Gasteiger partial charge on any atom is -0.465 e. The number of aliphatic hydroxyl groups excluding tert-OH is 2. The molecule has 0 saturated heterocycles. The first-order valence-corrected chi connectivity index (χ1v) is 6.74. The molecule has 22 heavy (non-hydrogen) atoms. The maximum Gasteiger partial charge on any atom is 0.315 e. The molecule has 124 valence electrons. The van der Waals surface area contributed by atoms with E-state index in [1.54, 1.807) is 6.92 Å². The summed E-state index contributed by atoms with van der Waals surface area (Å²) in [6.45, 7) is 1.66. The summed E-state index contributed by atoms with van der Waals surface area (Å²) in [5.74, 6) is 0.362. The number of nitrogens with one attached hydrogen (secondary N) is 2. The molecule has 1 unspecified atom stereocenters. The highest BCUT2D eigenvalue weighted by Gasteiger charge is 2.22. The number of nitro groups is 1. The molecule has 0 heterocycles. The van der Waals surface area contributed by atoms with Gasteiger partial charge in [-0.15, -0.1) is 0 Å². The predicted octanol–water partition coefficient (Wildman–Crippen LogP) is 0.774. The van der Waals surface area contributed by atoms with Gasteiger partial charge < -0.3 is 30.3 Å². The van der Waals surface area contributed by atoms with Crippen molar-refractivity contribution < 1.29 is 24.6 Å². The molecule has 0 aliphatic carbocycles. The molecule has 0 aliphatic rings. The van der Waals surface area contributed by atoms with E-state index in [-0.39, 0.29) is 43.4 Å². The first kappa shape index (κ1) is 18.0. The molecule has 4 N–H and O–H groups in total. The van der Waals surface area contributed by atoms with Crippen LogP contribution in [0.25, 0.3) is 0 Å². The number of nitrogens with zero attached hydrogens (tertiary/aromatic N) is 1. The highest BCUT2D eigenvalue weighted by Crippen LogP contribution is 2.37. The van der Waals surface area contributed by atoms with Gasteiger partial charge >= 0.3 is 5.69 Å². The molecular formula is C13H21N3O6. The molecular weight excluding hydrogens is 294 g/mol. The Morgan fingerprint density at radius 1 is 1.23 bits per heavy atom. The summed E-state index contributed by atoms with van der Waals surface area (Å²) in [5, 5.41) is 34.6. The lowest BCUT2D eigenvalue weighted by Gasteiger charge is -2.16. The van der Waals surface area contributed by atoms with Gasteiger partial charge in [0.2, 0.25) is 0 Å². The Balaban J connectivity index is 3.22. The fraction of sp³-hybridized carbons (Fsp3) is 0.538. The second-order valence-corrected chi connectivity index (χ2v) is 4.35. The third-order valence-corrected chi connectivity index (χ3v) is 2.75. The van der Waals surface area contributed by atoms with E-state index in [0.29, 0.717) is 5.75 Å². The van der Waals surface area contributed by atoms with Crippen LogP contribution in [0.15, 0.2) is 12.1 Å². The van der Waals surface area contributed by atoms with E-state index in [2.05, 4.69) is 10.6 Å². The van der Waals surface area contributed by atoms with Crippen LogP contribution in [-0.4, -0.2) is 54.8 Å². The van der Waals surface area contributed by atoms with E-state index in [1.807, 2.05) is 0 Å². The minimum atomic E-state index is -0.539. The number of benzene rings is 1. The largest absolute Gasteiger partial charge is 0.465 e. The molecule has 1 atom stereocenters. The first-order chi connectivity index (χ1) is 10.5. The average Bonchev–Trinajstić information content (AvgIpc) is 2.49. The quantitative estimate of drug-likeness (QED) is 0.283. The van der Waals surface area contributed by atoms with E-state index in [4.69, 9.17) is 19.7 Å². The first-order valence-electron chi connectivity index (χ1n) is 6.74. The average molecular weight is 315 g/mol. The zero-order chi connectivity index (χ0) is 16.5. The number of aliphatic hydroxyl groups is 2. The van der Waals surface area contributed by atoms with E-state index in [0.717, 1.165) is 0 Å². The zero-order valence-corrected chi connectivity index (χ0v) is 12.5. The number of nitro benzene ring substituents is 1. The lowest BCUT2D eigenvalue weighted by atomic mass is 10.2. The Morgan fingerprint density at radius 3 is 2.09 bits per heavy atom. The third kappa shape index (κ3) is 5.02. The van der Waals surface area contributed by atoms with Crippen molar-refractivity contribution in [3.63, 3.8) is 0 Å². The van der Waals surface area contributed by atoms with Gasteiger partial charge in [0.25, 0.3) is 0 Å². The van der Waals surface area contributed by atoms with Crippen molar-refractivity contribution in [1.82, 2.24) is 0 Å². The lowest BCUT2D eigenvalue weighted by molar-refractivity contribution is -0.383. The monoisotopic (exact) mass is 315 g/mol. The normalized spacial score (nSPS) is 11.8. The minimum absolute atomic E-state index is 0.156. The molecule has 0 aliphatic heterocycles. The van der Waals surface area contributed by atoms with Crippen LogP contribution in [-0.2, 0) is 4.74 Å². The van der Waals surface area contributed by atoms with Gasteiger partial charge in [-0.3, -0.25) is 10.1 Å². The number of rotatable bonds is 10. The topological polar surface area (TPSA) is 126 Å². The van der Waals surface area contributed by atoms with Gasteiger partial charge in [-0.25, -0.2) is 0 Å². The Labute approximate surface area is 128 Å². The van der Waals surface area contributed by atoms with Gasteiger partial charge in [0.15, 0.2) is 6.29 Å². The number of methoxy groups -OCH3 is 1. The van der Waals surface area contributed by atoms with Gasteiger partial charge in [-0.05, 0) is 6.92 Å². The third-order valence-electron chi connectivity index (χ3n) is 2.75. The van der Waals surface area contributed by atoms with Gasteiger partial charge in [0.1, 0.15) is 17.1 Å². The molecule has 1 rings (SSSR count). The summed E-state index contributed by atoms with van der Waals surface area (Å²) in [7, 11) is 1.48. The SMILES string of the molecule is COC(C)Oc1cc(NCCO)c([N+](=O)[O-])c(NCCO)c1. The molecule has 0 saturated carbocycles. The van der Waals surface area contributed by atoms with Gasteiger partial charge in [-0.1, -0.05) is 0 Å². The highest BCUT2D eigenvalue weighted by atomic mass is 16.7. The molecule has 1 aromatic carbocycles. The van der Waals surface area contributed by atoms with Gasteiger partial charge in [0, 0.05) is 32.3 Å². The predicted molar refractivity (Wildman–Crippen MR) is 81.3 cm³/mol. The summed E-state index contributed by atoms with van der Waals surface area (Å²) in [6, 6.07) is 2.93. The summed E-state index contributed by atoms with van der Waals surface area (Å²) in [4.78, 5) is 10.8. The van der Waals surface area contributed by atoms with Crippen LogP contribution in [0.4, 0.5) is 17.1 Å². The van der Waals surface area contributed by atoms with Crippen molar-refractivity contribution in [2.75, 3.05) is 44.0 Å². The molecule has 9 heteroatoms. The van der Waals surface area contributed by atoms with Crippen molar-refractivity contribution in [2.24, 2.45) is 0 Å². The highest BCUT2D eigenvalue weighted by molar-refractivity contribution is 5.78. The van der Waals surface area contributed by atoms with Crippen LogP contribution < -0.4 is 15.4 Å². The molecule has 0 spiro atoms. The van der Waals surface area contributed by atoms with Crippen LogP contribution in [0.2, 0.25) is 0 Å². The van der Waals surface area contributed by atoms with Crippen LogP contribution >= 0.6 is 0 Å². The zero-order valence-electron chi connectivity index (χ0n) is 12.5. The van der Waals surface area contributed by atoms with Crippen molar-refractivity contribution in [1.29, 1.82) is 0 Å². The number of hydrogen-bond acceptors (Lipinski definition) is 8. The fourth-order valence-electron chi connectivity index (χ4n) is 1.76. The second-order valence-electron chi connectivity index (χ2n) is 4.35. The molecule has 0 radical (unpaired) electrons. The Hall–Kier alpha value is -2.10. The van der Waals surface area contributed by atoms with Crippen LogP contribution in [0.3, 0.4) is 0 Å². The van der Waals surface area contributed by atoms with Crippen molar-refractivity contribution in [3.8, 4) is 5.75 Å². The Kier molecular flexibility index (Phi) is 7.37. The van der Waals surface area contributed by atoms with Gasteiger partial charge in [0.05, 0.1) is 18.1 Å². The maximum absolute atomic E-state index is 11.3. The molecule has 0 aromatic heterocycles. The maximum atomic E-state index is 11.3.